The summed E-state index contributed by atoms with van der Waals surface area (Å²) >= 11 is 0. The van der Waals surface area contributed by atoms with Gasteiger partial charge in [0.1, 0.15) is 5.75 Å². The van der Waals surface area contributed by atoms with Crippen molar-refractivity contribution < 1.29 is 9.53 Å². The summed E-state index contributed by atoms with van der Waals surface area (Å²) in [5.74, 6) is 0.696. The van der Waals surface area contributed by atoms with E-state index >= 15 is 0 Å². The van der Waals surface area contributed by atoms with Crippen LogP contribution in [-0.2, 0) is 4.79 Å². The number of amides is 1. The van der Waals surface area contributed by atoms with Gasteiger partial charge in [-0.3, -0.25) is 4.79 Å². The zero-order valence-electron chi connectivity index (χ0n) is 11.1. The second kappa shape index (κ2) is 11.9. The van der Waals surface area contributed by atoms with Gasteiger partial charge in [-0.1, -0.05) is 12.1 Å². The molecule has 110 valence electrons. The number of hydrogen-bond donors (Lipinski definition) is 3. The molecule has 0 aliphatic carbocycles. The third kappa shape index (κ3) is 7.77. The summed E-state index contributed by atoms with van der Waals surface area (Å²) in [6.45, 7) is 1.63. The third-order valence-corrected chi connectivity index (χ3v) is 2.24. The fraction of sp³-hybridized carbons (Fsp3) is 0.417. The maximum absolute atomic E-state index is 11.4. The topological polar surface area (TPSA) is 62.4 Å². The number of ether oxygens (including phenoxy) is 1. The van der Waals surface area contributed by atoms with Gasteiger partial charge >= 0.3 is 0 Å². The predicted molar refractivity (Wildman–Crippen MR) is 82.9 cm³/mol. The van der Waals surface area contributed by atoms with Crippen molar-refractivity contribution in [1.82, 2.24) is 10.6 Å². The van der Waals surface area contributed by atoms with Gasteiger partial charge in [0, 0.05) is 13.1 Å². The lowest BCUT2D eigenvalue weighted by molar-refractivity contribution is -0.119. The van der Waals surface area contributed by atoms with Crippen molar-refractivity contribution in [2.45, 2.75) is 0 Å². The van der Waals surface area contributed by atoms with E-state index in [1.165, 1.54) is 0 Å². The van der Waals surface area contributed by atoms with Gasteiger partial charge in [-0.05, 0) is 19.2 Å². The van der Waals surface area contributed by atoms with E-state index in [4.69, 9.17) is 4.74 Å². The molecular weight excluding hydrogens is 289 g/mol. The van der Waals surface area contributed by atoms with Crippen molar-refractivity contribution in [2.75, 3.05) is 39.1 Å². The standard InChI is InChI=1S/C12H19N3O2.2ClH/c1-13-7-8-14-12(16)9-15-10-5-3-4-6-11(10)17-2;;/h3-6,13,15H,7-9H2,1-2H3,(H,14,16);2*1H. The highest BCUT2D eigenvalue weighted by Crippen LogP contribution is 2.22. The second-order valence-corrected chi connectivity index (χ2v) is 3.51. The maximum Gasteiger partial charge on any atom is 0.239 e. The molecule has 0 saturated carbocycles. The number of likely N-dealkylation sites (N-methyl/N-ethyl adjacent to an activating group) is 1. The van der Waals surface area contributed by atoms with E-state index in [0.717, 1.165) is 18.0 Å². The molecule has 1 rings (SSSR count). The minimum atomic E-state index is -0.0360. The number of hydrogen-bond acceptors (Lipinski definition) is 4. The van der Waals surface area contributed by atoms with Crippen molar-refractivity contribution >= 4 is 36.4 Å². The van der Waals surface area contributed by atoms with Gasteiger partial charge in [0.15, 0.2) is 0 Å². The Morgan fingerprint density at radius 2 is 1.89 bits per heavy atom. The molecule has 0 fully saturated rings. The van der Waals surface area contributed by atoms with Gasteiger partial charge in [0.2, 0.25) is 5.91 Å². The molecule has 0 aliphatic heterocycles. The van der Waals surface area contributed by atoms with Gasteiger partial charge in [-0.25, -0.2) is 0 Å². The summed E-state index contributed by atoms with van der Waals surface area (Å²) in [5.41, 5.74) is 0.818. The van der Waals surface area contributed by atoms with E-state index in [-0.39, 0.29) is 37.3 Å². The highest BCUT2D eigenvalue weighted by Gasteiger charge is 2.03. The minimum absolute atomic E-state index is 0. The first kappa shape index (κ1) is 20.2. The van der Waals surface area contributed by atoms with Gasteiger partial charge in [0.05, 0.1) is 19.3 Å². The summed E-state index contributed by atoms with van der Waals surface area (Å²) in [6, 6.07) is 7.50. The van der Waals surface area contributed by atoms with E-state index in [9.17, 15) is 4.79 Å². The van der Waals surface area contributed by atoms with Crippen molar-refractivity contribution in [2.24, 2.45) is 0 Å². The van der Waals surface area contributed by atoms with Crippen LogP contribution in [0.5, 0.6) is 5.75 Å². The number of rotatable bonds is 7. The average Bonchev–Trinajstić information content (AvgIpc) is 2.37. The van der Waals surface area contributed by atoms with Gasteiger partial charge in [-0.2, -0.15) is 0 Å². The molecule has 19 heavy (non-hydrogen) atoms. The third-order valence-electron chi connectivity index (χ3n) is 2.24. The first-order chi connectivity index (χ1) is 8.27. The molecular formula is C12H21Cl2N3O2. The fourth-order valence-electron chi connectivity index (χ4n) is 1.36. The molecule has 0 heterocycles. The number of carbonyl (C=O) groups excluding carboxylic acids is 1. The molecule has 0 radical (unpaired) electrons. The zero-order valence-corrected chi connectivity index (χ0v) is 12.7. The Kier molecular flexibility index (Phi) is 12.6. The second-order valence-electron chi connectivity index (χ2n) is 3.51. The lowest BCUT2D eigenvalue weighted by atomic mass is 10.3. The van der Waals surface area contributed by atoms with Crippen LogP contribution in [0.2, 0.25) is 0 Å². The number of anilines is 1. The van der Waals surface area contributed by atoms with Crippen LogP contribution < -0.4 is 20.7 Å². The number of carbonyl (C=O) groups is 1. The molecule has 0 spiro atoms. The Labute approximate surface area is 126 Å². The molecule has 1 amide bonds. The van der Waals surface area contributed by atoms with Crippen LogP contribution in [0.15, 0.2) is 24.3 Å². The lowest BCUT2D eigenvalue weighted by Crippen LogP contribution is -2.34. The van der Waals surface area contributed by atoms with Crippen molar-refractivity contribution in [3.05, 3.63) is 24.3 Å². The minimum Gasteiger partial charge on any atom is -0.495 e. The Balaban J connectivity index is 0. The summed E-state index contributed by atoms with van der Waals surface area (Å²) in [7, 11) is 3.45. The van der Waals surface area contributed by atoms with E-state index in [1.807, 2.05) is 31.3 Å². The first-order valence-electron chi connectivity index (χ1n) is 5.56. The Bertz CT molecular complexity index is 365. The molecule has 0 atom stereocenters. The van der Waals surface area contributed by atoms with Crippen LogP contribution in [0.1, 0.15) is 0 Å². The molecule has 0 saturated heterocycles. The highest BCUT2D eigenvalue weighted by atomic mass is 35.5. The molecule has 0 aliphatic rings. The SMILES string of the molecule is CNCCNC(=O)CNc1ccccc1OC.Cl.Cl. The summed E-state index contributed by atoms with van der Waals surface area (Å²) in [5, 5.41) is 8.78. The molecule has 7 heteroatoms. The molecule has 0 bridgehead atoms. The Morgan fingerprint density at radius 3 is 2.53 bits per heavy atom. The fourth-order valence-corrected chi connectivity index (χ4v) is 1.36. The van der Waals surface area contributed by atoms with Crippen LogP contribution in [-0.4, -0.2) is 39.7 Å². The van der Waals surface area contributed by atoms with E-state index in [0.29, 0.717) is 6.54 Å². The summed E-state index contributed by atoms with van der Waals surface area (Å²) in [4.78, 5) is 11.4. The quantitative estimate of drug-likeness (QED) is 0.664. The number of nitrogens with one attached hydrogen (secondary N) is 3. The molecule has 3 N–H and O–H groups in total. The van der Waals surface area contributed by atoms with Crippen LogP contribution >= 0.6 is 24.8 Å². The average molecular weight is 310 g/mol. The Morgan fingerprint density at radius 1 is 1.21 bits per heavy atom. The smallest absolute Gasteiger partial charge is 0.239 e. The van der Waals surface area contributed by atoms with E-state index < -0.39 is 0 Å². The zero-order chi connectivity index (χ0) is 12.5. The maximum atomic E-state index is 11.4. The van der Waals surface area contributed by atoms with Crippen LogP contribution in [0.25, 0.3) is 0 Å². The number of methoxy groups -OCH3 is 1. The highest BCUT2D eigenvalue weighted by molar-refractivity contribution is 5.85. The molecule has 5 nitrogen and oxygen atoms in total. The number of benzene rings is 1. The number of para-hydroxylation sites is 2. The Hall–Kier alpha value is -1.17. The normalized spacial score (nSPS) is 8.74. The van der Waals surface area contributed by atoms with Crippen LogP contribution in [0.4, 0.5) is 5.69 Å². The van der Waals surface area contributed by atoms with Crippen molar-refractivity contribution in [3.63, 3.8) is 0 Å². The molecule has 0 unspecified atom stereocenters. The monoisotopic (exact) mass is 309 g/mol. The summed E-state index contributed by atoms with van der Waals surface area (Å²) in [6.07, 6.45) is 0. The molecule has 1 aromatic rings. The summed E-state index contributed by atoms with van der Waals surface area (Å²) < 4.78 is 5.17. The van der Waals surface area contributed by atoms with Gasteiger partial charge in [-0.15, -0.1) is 24.8 Å². The van der Waals surface area contributed by atoms with Crippen molar-refractivity contribution in [1.29, 1.82) is 0 Å². The van der Waals surface area contributed by atoms with E-state index in [1.54, 1.807) is 7.11 Å². The largest absolute Gasteiger partial charge is 0.495 e. The van der Waals surface area contributed by atoms with Crippen LogP contribution in [0.3, 0.4) is 0 Å². The molecule has 0 aromatic heterocycles. The lowest BCUT2D eigenvalue weighted by Gasteiger charge is -2.10. The van der Waals surface area contributed by atoms with Gasteiger partial charge in [0.25, 0.3) is 0 Å². The first-order valence-corrected chi connectivity index (χ1v) is 5.56. The van der Waals surface area contributed by atoms with Gasteiger partial charge < -0.3 is 20.7 Å². The van der Waals surface area contributed by atoms with E-state index in [2.05, 4.69) is 16.0 Å². The van der Waals surface area contributed by atoms with Crippen molar-refractivity contribution in [3.8, 4) is 5.75 Å². The molecule has 1 aromatic carbocycles. The predicted octanol–water partition coefficient (Wildman–Crippen LogP) is 1.29. The van der Waals surface area contributed by atoms with Crippen LogP contribution in [0, 0.1) is 0 Å². The number of halogens is 2.